The van der Waals surface area contributed by atoms with Gasteiger partial charge in [0.15, 0.2) is 6.10 Å². The number of hydrogen-bond acceptors (Lipinski definition) is 2. The molecule has 2 N–H and O–H groups in total. The van der Waals surface area contributed by atoms with Gasteiger partial charge in [0.1, 0.15) is 18.8 Å². The van der Waals surface area contributed by atoms with Gasteiger partial charge in [0, 0.05) is 5.56 Å². The van der Waals surface area contributed by atoms with Gasteiger partial charge in [-0.2, -0.15) is 0 Å². The standard InChI is InChI=1S/C13H12ClNOS/c14-13-6-5-12(17-13)11-8-15-7-9-3-1-2-4-10(9)16-11/h1-6,11,15H,7-8H2/p+1. The maximum atomic E-state index is 6.08. The normalized spacial score (nSPS) is 19.2. The van der Waals surface area contributed by atoms with Gasteiger partial charge in [-0.05, 0) is 24.3 Å². The van der Waals surface area contributed by atoms with Gasteiger partial charge in [0.25, 0.3) is 0 Å². The van der Waals surface area contributed by atoms with E-state index < -0.39 is 0 Å². The molecule has 88 valence electrons. The number of halogens is 1. The zero-order valence-electron chi connectivity index (χ0n) is 9.23. The molecule has 0 aliphatic carbocycles. The van der Waals surface area contributed by atoms with E-state index >= 15 is 0 Å². The van der Waals surface area contributed by atoms with Crippen LogP contribution in [-0.4, -0.2) is 6.54 Å². The van der Waals surface area contributed by atoms with E-state index in [0.29, 0.717) is 0 Å². The van der Waals surface area contributed by atoms with Crippen molar-refractivity contribution in [2.24, 2.45) is 0 Å². The van der Waals surface area contributed by atoms with Crippen molar-refractivity contribution in [3.05, 3.63) is 51.2 Å². The fraction of sp³-hybridized carbons (Fsp3) is 0.231. The van der Waals surface area contributed by atoms with Gasteiger partial charge in [0.05, 0.1) is 9.21 Å². The summed E-state index contributed by atoms with van der Waals surface area (Å²) in [7, 11) is 0. The summed E-state index contributed by atoms with van der Waals surface area (Å²) in [5.74, 6) is 0.996. The lowest BCUT2D eigenvalue weighted by atomic mass is 10.2. The maximum Gasteiger partial charge on any atom is 0.181 e. The lowest BCUT2D eigenvalue weighted by Crippen LogP contribution is -2.83. The van der Waals surface area contributed by atoms with Crippen molar-refractivity contribution in [2.75, 3.05) is 6.54 Å². The Hall–Kier alpha value is -1.03. The number of quaternary nitrogens is 1. The molecule has 0 saturated carbocycles. The van der Waals surface area contributed by atoms with Gasteiger partial charge >= 0.3 is 0 Å². The molecule has 0 spiro atoms. The number of benzene rings is 1. The van der Waals surface area contributed by atoms with Crippen LogP contribution in [0.15, 0.2) is 36.4 Å². The molecule has 2 nitrogen and oxygen atoms in total. The minimum Gasteiger partial charge on any atom is -0.478 e. The van der Waals surface area contributed by atoms with Crippen molar-refractivity contribution in [2.45, 2.75) is 12.6 Å². The minimum absolute atomic E-state index is 0.108. The second-order valence-electron chi connectivity index (χ2n) is 4.08. The second kappa shape index (κ2) is 4.69. The van der Waals surface area contributed by atoms with E-state index in [1.807, 2.05) is 18.2 Å². The molecule has 0 saturated heterocycles. The lowest BCUT2D eigenvalue weighted by molar-refractivity contribution is -0.674. The van der Waals surface area contributed by atoms with E-state index in [0.717, 1.165) is 23.2 Å². The third-order valence-electron chi connectivity index (χ3n) is 2.90. The molecule has 1 aliphatic rings. The summed E-state index contributed by atoms with van der Waals surface area (Å²) in [5, 5.41) is 2.28. The summed E-state index contributed by atoms with van der Waals surface area (Å²) in [6.45, 7) is 1.91. The zero-order valence-corrected chi connectivity index (χ0v) is 10.8. The summed E-state index contributed by atoms with van der Waals surface area (Å²) >= 11 is 7.57. The minimum atomic E-state index is 0.108. The molecule has 0 radical (unpaired) electrons. The largest absolute Gasteiger partial charge is 0.478 e. The van der Waals surface area contributed by atoms with Crippen LogP contribution in [0.5, 0.6) is 5.75 Å². The monoisotopic (exact) mass is 266 g/mol. The number of ether oxygens (including phenoxy) is 1. The molecule has 0 amide bonds. The molecular formula is C13H13ClNOS+. The molecule has 1 atom stereocenters. The van der Waals surface area contributed by atoms with Crippen LogP contribution in [0.3, 0.4) is 0 Å². The SMILES string of the molecule is Clc1ccc(C2C[NH2+]Cc3ccccc3O2)s1. The molecule has 2 heterocycles. The van der Waals surface area contributed by atoms with E-state index in [1.165, 1.54) is 10.4 Å². The molecule has 1 unspecified atom stereocenters. The van der Waals surface area contributed by atoms with Crippen LogP contribution < -0.4 is 10.1 Å². The van der Waals surface area contributed by atoms with E-state index in [1.54, 1.807) is 11.3 Å². The summed E-state index contributed by atoms with van der Waals surface area (Å²) < 4.78 is 6.90. The van der Waals surface area contributed by atoms with Crippen LogP contribution in [-0.2, 0) is 6.54 Å². The number of para-hydroxylation sites is 1. The smallest absolute Gasteiger partial charge is 0.181 e. The lowest BCUT2D eigenvalue weighted by Gasteiger charge is -2.13. The van der Waals surface area contributed by atoms with Crippen molar-refractivity contribution in [3.63, 3.8) is 0 Å². The summed E-state index contributed by atoms with van der Waals surface area (Å²) in [6, 6.07) is 12.2. The Morgan fingerprint density at radius 3 is 2.94 bits per heavy atom. The predicted molar refractivity (Wildman–Crippen MR) is 69.6 cm³/mol. The molecule has 0 fully saturated rings. The van der Waals surface area contributed by atoms with E-state index in [9.17, 15) is 0 Å². The van der Waals surface area contributed by atoms with Gasteiger partial charge in [0.2, 0.25) is 0 Å². The Labute approximate surface area is 109 Å². The molecule has 1 aromatic carbocycles. The average molecular weight is 267 g/mol. The first-order valence-electron chi connectivity index (χ1n) is 5.64. The van der Waals surface area contributed by atoms with Crippen molar-refractivity contribution in [1.82, 2.24) is 0 Å². The van der Waals surface area contributed by atoms with Gasteiger partial charge < -0.3 is 10.1 Å². The van der Waals surface area contributed by atoms with Crippen LogP contribution in [0, 0.1) is 0 Å². The topological polar surface area (TPSA) is 25.8 Å². The maximum absolute atomic E-state index is 6.08. The van der Waals surface area contributed by atoms with Crippen LogP contribution in [0.4, 0.5) is 0 Å². The molecule has 1 aromatic heterocycles. The highest BCUT2D eigenvalue weighted by Gasteiger charge is 2.22. The molecule has 3 rings (SSSR count). The van der Waals surface area contributed by atoms with Gasteiger partial charge in [-0.3, -0.25) is 0 Å². The number of rotatable bonds is 1. The summed E-state index contributed by atoms with van der Waals surface area (Å²) in [5.41, 5.74) is 1.26. The Kier molecular flexibility index (Phi) is 3.05. The van der Waals surface area contributed by atoms with E-state index in [-0.39, 0.29) is 6.10 Å². The van der Waals surface area contributed by atoms with Crippen molar-refractivity contribution in [3.8, 4) is 5.75 Å². The quantitative estimate of drug-likeness (QED) is 0.844. The number of thiophene rings is 1. The summed E-state index contributed by atoms with van der Waals surface area (Å²) in [6.07, 6.45) is 0.108. The third kappa shape index (κ3) is 2.32. The first-order chi connectivity index (χ1) is 8.33. The van der Waals surface area contributed by atoms with Crippen molar-refractivity contribution in [1.29, 1.82) is 0 Å². The second-order valence-corrected chi connectivity index (χ2v) is 5.83. The Bertz CT molecular complexity index is 526. The molecule has 17 heavy (non-hydrogen) atoms. The first kappa shape index (κ1) is 11.1. The molecular weight excluding hydrogens is 254 g/mol. The number of hydrogen-bond donors (Lipinski definition) is 1. The van der Waals surface area contributed by atoms with Crippen LogP contribution in [0.2, 0.25) is 4.34 Å². The first-order valence-corrected chi connectivity index (χ1v) is 6.84. The Morgan fingerprint density at radius 1 is 1.24 bits per heavy atom. The van der Waals surface area contributed by atoms with E-state index in [2.05, 4.69) is 23.5 Å². The van der Waals surface area contributed by atoms with E-state index in [4.69, 9.17) is 16.3 Å². The van der Waals surface area contributed by atoms with Gasteiger partial charge in [-0.25, -0.2) is 0 Å². The van der Waals surface area contributed by atoms with Crippen LogP contribution in [0.25, 0.3) is 0 Å². The summed E-state index contributed by atoms with van der Waals surface area (Å²) in [4.78, 5) is 1.20. The average Bonchev–Trinajstić information content (AvgIpc) is 2.65. The van der Waals surface area contributed by atoms with Crippen LogP contribution in [0.1, 0.15) is 16.5 Å². The van der Waals surface area contributed by atoms with Crippen molar-refractivity contribution < 1.29 is 10.1 Å². The molecule has 4 heteroatoms. The Balaban J connectivity index is 1.90. The number of nitrogens with two attached hydrogens (primary N) is 1. The van der Waals surface area contributed by atoms with Crippen molar-refractivity contribution >= 4 is 22.9 Å². The highest BCUT2D eigenvalue weighted by molar-refractivity contribution is 7.16. The van der Waals surface area contributed by atoms with Crippen LogP contribution >= 0.6 is 22.9 Å². The predicted octanol–water partition coefficient (Wildman–Crippen LogP) is 2.60. The fourth-order valence-electron chi connectivity index (χ4n) is 2.05. The molecule has 1 aliphatic heterocycles. The fourth-order valence-corrected chi connectivity index (χ4v) is 3.16. The molecule has 2 aromatic rings. The zero-order chi connectivity index (χ0) is 11.7. The Morgan fingerprint density at radius 2 is 2.12 bits per heavy atom. The van der Waals surface area contributed by atoms with Gasteiger partial charge in [-0.15, -0.1) is 11.3 Å². The van der Waals surface area contributed by atoms with Gasteiger partial charge in [-0.1, -0.05) is 23.7 Å². The highest BCUT2D eigenvalue weighted by Crippen LogP contribution is 2.31. The highest BCUT2D eigenvalue weighted by atomic mass is 35.5. The number of fused-ring (bicyclic) bond motifs is 1. The molecule has 0 bridgehead atoms. The third-order valence-corrected chi connectivity index (χ3v) is 4.22.